The minimum Gasteiger partial charge on any atom is -0.507 e. The van der Waals surface area contributed by atoms with Crippen molar-refractivity contribution in [3.63, 3.8) is 0 Å². The summed E-state index contributed by atoms with van der Waals surface area (Å²) in [6.45, 7) is 5.78. The van der Waals surface area contributed by atoms with Crippen molar-refractivity contribution in [2.45, 2.75) is 26.7 Å². The number of phenols is 1. The first kappa shape index (κ1) is 21.0. The second kappa shape index (κ2) is 10.7. The van der Waals surface area contributed by atoms with E-state index in [-0.39, 0.29) is 30.4 Å². The average Bonchev–Trinajstić information content (AvgIpc) is 2.70. The van der Waals surface area contributed by atoms with Crippen LogP contribution in [0.4, 0.5) is 11.4 Å². The summed E-state index contributed by atoms with van der Waals surface area (Å²) in [5.74, 6) is -0.529. The maximum atomic E-state index is 11.8. The molecule has 7 heteroatoms. The summed E-state index contributed by atoms with van der Waals surface area (Å²) in [5.41, 5.74) is 4.48. The van der Waals surface area contributed by atoms with Crippen LogP contribution in [-0.4, -0.2) is 36.2 Å². The zero-order chi connectivity index (χ0) is 20.4. The third kappa shape index (κ3) is 6.42. The molecule has 0 aromatic heterocycles. The van der Waals surface area contributed by atoms with Crippen molar-refractivity contribution in [3.8, 4) is 5.75 Å². The predicted octanol–water partition coefficient (Wildman–Crippen LogP) is 3.11. The van der Waals surface area contributed by atoms with Crippen LogP contribution >= 0.6 is 0 Å². The lowest BCUT2D eigenvalue weighted by atomic mass is 10.2. The number of carbonyl (C=O) groups is 2. The van der Waals surface area contributed by atoms with E-state index in [1.165, 1.54) is 6.21 Å². The van der Waals surface area contributed by atoms with E-state index in [4.69, 9.17) is 0 Å². The van der Waals surface area contributed by atoms with Gasteiger partial charge in [0.2, 0.25) is 11.8 Å². The summed E-state index contributed by atoms with van der Waals surface area (Å²) < 4.78 is 0. The second-order valence-electron chi connectivity index (χ2n) is 6.12. The fraction of sp³-hybridized carbons (Fsp3) is 0.286. The van der Waals surface area contributed by atoms with Crippen molar-refractivity contribution in [1.29, 1.82) is 0 Å². The van der Waals surface area contributed by atoms with E-state index in [2.05, 4.69) is 20.7 Å². The number of hydrazone groups is 1. The Morgan fingerprint density at radius 2 is 1.71 bits per heavy atom. The molecular formula is C21H26N4O3. The highest BCUT2D eigenvalue weighted by Crippen LogP contribution is 2.23. The molecule has 0 aliphatic heterocycles. The summed E-state index contributed by atoms with van der Waals surface area (Å²) in [5, 5.41) is 16.7. The summed E-state index contributed by atoms with van der Waals surface area (Å²) in [6.07, 6.45) is 1.45. The van der Waals surface area contributed by atoms with E-state index in [9.17, 15) is 14.7 Å². The molecule has 0 aliphatic rings. The quantitative estimate of drug-likeness (QED) is 0.459. The normalized spacial score (nSPS) is 10.6. The van der Waals surface area contributed by atoms with E-state index < -0.39 is 0 Å². The van der Waals surface area contributed by atoms with Gasteiger partial charge in [-0.15, -0.1) is 0 Å². The molecule has 2 aromatic rings. The Kier molecular flexibility index (Phi) is 8.02. The Morgan fingerprint density at radius 1 is 1.04 bits per heavy atom. The average molecular weight is 382 g/mol. The summed E-state index contributed by atoms with van der Waals surface area (Å²) >= 11 is 0. The lowest BCUT2D eigenvalue weighted by Crippen LogP contribution is -2.21. The number of rotatable bonds is 9. The van der Waals surface area contributed by atoms with E-state index in [1.807, 2.05) is 38.1 Å². The van der Waals surface area contributed by atoms with Crippen LogP contribution in [0.1, 0.15) is 32.3 Å². The number of para-hydroxylation sites is 1. The summed E-state index contributed by atoms with van der Waals surface area (Å²) in [4.78, 5) is 25.8. The third-order valence-corrected chi connectivity index (χ3v) is 4.17. The molecule has 7 nitrogen and oxygen atoms in total. The maximum Gasteiger partial charge on any atom is 0.240 e. The highest BCUT2D eigenvalue weighted by Gasteiger charge is 2.08. The molecular weight excluding hydrogens is 356 g/mol. The number of nitrogens with one attached hydrogen (secondary N) is 2. The number of hydrogen-bond acceptors (Lipinski definition) is 5. The molecule has 0 atom stereocenters. The van der Waals surface area contributed by atoms with Crippen LogP contribution in [0.15, 0.2) is 53.6 Å². The van der Waals surface area contributed by atoms with Crippen molar-refractivity contribution < 1.29 is 14.7 Å². The van der Waals surface area contributed by atoms with Gasteiger partial charge >= 0.3 is 0 Å². The summed E-state index contributed by atoms with van der Waals surface area (Å²) in [6, 6.07) is 14.4. The minimum atomic E-state index is -0.376. The standard InChI is InChI=1S/C21H26N4O3/c1-3-25(4-2)18-11-10-16(19(26)14-18)15-22-24-21(28)13-12-20(27)23-17-8-6-5-7-9-17/h5-11,14-15,26H,3-4,12-13H2,1-2H3,(H,23,27)(H,24,28). The van der Waals surface area contributed by atoms with Gasteiger partial charge in [-0.05, 0) is 38.1 Å². The molecule has 2 aromatic carbocycles. The Bertz CT molecular complexity index is 818. The molecule has 3 N–H and O–H groups in total. The van der Waals surface area contributed by atoms with Crippen LogP contribution in [0, 0.1) is 0 Å². The number of hydrogen-bond donors (Lipinski definition) is 3. The Morgan fingerprint density at radius 3 is 2.36 bits per heavy atom. The lowest BCUT2D eigenvalue weighted by molar-refractivity contribution is -0.124. The van der Waals surface area contributed by atoms with Gasteiger partial charge in [-0.1, -0.05) is 18.2 Å². The Hall–Kier alpha value is -3.35. The van der Waals surface area contributed by atoms with Crippen molar-refractivity contribution >= 4 is 29.4 Å². The van der Waals surface area contributed by atoms with Gasteiger partial charge in [0.05, 0.1) is 6.21 Å². The number of nitrogens with zero attached hydrogens (tertiary/aromatic N) is 2. The molecule has 0 heterocycles. The van der Waals surface area contributed by atoms with Crippen molar-refractivity contribution in [2.24, 2.45) is 5.10 Å². The molecule has 2 rings (SSSR count). The maximum absolute atomic E-state index is 11.8. The Labute approximate surface area is 165 Å². The van der Waals surface area contributed by atoms with Crippen molar-refractivity contribution in [3.05, 3.63) is 54.1 Å². The van der Waals surface area contributed by atoms with E-state index in [1.54, 1.807) is 24.3 Å². The van der Waals surface area contributed by atoms with Crippen LogP contribution < -0.4 is 15.6 Å². The zero-order valence-electron chi connectivity index (χ0n) is 16.2. The van der Waals surface area contributed by atoms with Gasteiger partial charge in [-0.25, -0.2) is 5.43 Å². The first-order valence-corrected chi connectivity index (χ1v) is 9.28. The molecule has 2 amide bonds. The molecule has 0 bridgehead atoms. The molecule has 0 spiro atoms. The van der Waals surface area contributed by atoms with E-state index in [0.29, 0.717) is 11.3 Å². The molecule has 0 radical (unpaired) electrons. The number of carbonyl (C=O) groups excluding carboxylic acids is 2. The molecule has 148 valence electrons. The zero-order valence-corrected chi connectivity index (χ0v) is 16.2. The van der Waals surface area contributed by atoms with Crippen LogP contribution in [0.5, 0.6) is 5.75 Å². The molecule has 0 saturated carbocycles. The molecule has 28 heavy (non-hydrogen) atoms. The van der Waals surface area contributed by atoms with Crippen molar-refractivity contribution in [1.82, 2.24) is 5.43 Å². The largest absolute Gasteiger partial charge is 0.507 e. The Balaban J connectivity index is 1.80. The molecule has 0 aliphatic carbocycles. The van der Waals surface area contributed by atoms with E-state index >= 15 is 0 Å². The summed E-state index contributed by atoms with van der Waals surface area (Å²) in [7, 11) is 0. The van der Waals surface area contributed by atoms with Gasteiger partial charge in [0.1, 0.15) is 5.75 Å². The van der Waals surface area contributed by atoms with Gasteiger partial charge in [0, 0.05) is 48.9 Å². The highest BCUT2D eigenvalue weighted by molar-refractivity contribution is 5.93. The molecule has 0 fully saturated rings. The first-order chi connectivity index (χ1) is 13.5. The lowest BCUT2D eigenvalue weighted by Gasteiger charge is -2.21. The smallest absolute Gasteiger partial charge is 0.240 e. The number of aromatic hydroxyl groups is 1. The van der Waals surface area contributed by atoms with Crippen LogP contribution in [0.25, 0.3) is 0 Å². The first-order valence-electron chi connectivity index (χ1n) is 9.28. The number of anilines is 2. The van der Waals surface area contributed by atoms with Crippen LogP contribution in [-0.2, 0) is 9.59 Å². The van der Waals surface area contributed by atoms with Gasteiger partial charge in [-0.2, -0.15) is 5.10 Å². The number of phenolic OH excluding ortho intramolecular Hbond substituents is 1. The second-order valence-corrected chi connectivity index (χ2v) is 6.12. The van der Waals surface area contributed by atoms with Gasteiger partial charge in [-0.3, -0.25) is 9.59 Å². The fourth-order valence-corrected chi connectivity index (χ4v) is 2.63. The SMILES string of the molecule is CCN(CC)c1ccc(C=NNC(=O)CCC(=O)Nc2ccccc2)c(O)c1. The number of benzene rings is 2. The molecule has 0 unspecified atom stereocenters. The van der Waals surface area contributed by atoms with Gasteiger partial charge in [0.15, 0.2) is 0 Å². The number of amides is 2. The minimum absolute atomic E-state index is 0.0168. The topological polar surface area (TPSA) is 94.0 Å². The fourth-order valence-electron chi connectivity index (χ4n) is 2.63. The van der Waals surface area contributed by atoms with Crippen LogP contribution in [0.3, 0.4) is 0 Å². The predicted molar refractivity (Wildman–Crippen MR) is 112 cm³/mol. The van der Waals surface area contributed by atoms with E-state index in [0.717, 1.165) is 18.8 Å². The molecule has 0 saturated heterocycles. The monoisotopic (exact) mass is 382 g/mol. The van der Waals surface area contributed by atoms with Crippen molar-refractivity contribution in [2.75, 3.05) is 23.3 Å². The highest BCUT2D eigenvalue weighted by atomic mass is 16.3. The third-order valence-electron chi connectivity index (χ3n) is 4.17. The van der Waals surface area contributed by atoms with Gasteiger partial charge in [0.25, 0.3) is 0 Å². The van der Waals surface area contributed by atoms with Gasteiger partial charge < -0.3 is 15.3 Å². The van der Waals surface area contributed by atoms with Crippen LogP contribution in [0.2, 0.25) is 0 Å².